The van der Waals surface area contributed by atoms with Crippen molar-refractivity contribution in [3.63, 3.8) is 0 Å². The standard InChI is InChI=1S/C22H31F3N4O2/c23-22(24,25)17-4-3-16(15-27-12-7-26-8-13-27)20(14-17)28-10-5-18(6-11-28)29-9-1-2-19(29)21(30)31/h3-4,14,18-19,26H,1-2,5-13,15H2,(H,30,31). The Balaban J connectivity index is 1.50. The van der Waals surface area contributed by atoms with Crippen LogP contribution in [0.25, 0.3) is 0 Å². The summed E-state index contributed by atoms with van der Waals surface area (Å²) < 4.78 is 40.2. The van der Waals surface area contributed by atoms with Crippen molar-refractivity contribution in [2.24, 2.45) is 0 Å². The van der Waals surface area contributed by atoms with Gasteiger partial charge < -0.3 is 15.3 Å². The van der Waals surface area contributed by atoms with Crippen molar-refractivity contribution in [3.8, 4) is 0 Å². The van der Waals surface area contributed by atoms with Crippen LogP contribution in [0.15, 0.2) is 18.2 Å². The number of halogens is 3. The Morgan fingerprint density at radius 3 is 2.42 bits per heavy atom. The molecular formula is C22H31F3N4O2. The van der Waals surface area contributed by atoms with Gasteiger partial charge >= 0.3 is 12.1 Å². The molecule has 0 aliphatic carbocycles. The molecule has 172 valence electrons. The summed E-state index contributed by atoms with van der Waals surface area (Å²) in [6.45, 7) is 6.26. The predicted molar refractivity (Wildman–Crippen MR) is 112 cm³/mol. The van der Waals surface area contributed by atoms with Crippen LogP contribution in [0.5, 0.6) is 0 Å². The van der Waals surface area contributed by atoms with Crippen LogP contribution in [0, 0.1) is 0 Å². The van der Waals surface area contributed by atoms with E-state index in [-0.39, 0.29) is 6.04 Å². The fraction of sp³-hybridized carbons (Fsp3) is 0.682. The van der Waals surface area contributed by atoms with E-state index in [1.54, 1.807) is 6.07 Å². The van der Waals surface area contributed by atoms with E-state index in [9.17, 15) is 23.1 Å². The molecule has 0 saturated carbocycles. The minimum atomic E-state index is -4.37. The fourth-order valence-electron chi connectivity index (χ4n) is 5.21. The maximum absolute atomic E-state index is 13.4. The van der Waals surface area contributed by atoms with E-state index >= 15 is 0 Å². The first-order valence-corrected chi connectivity index (χ1v) is 11.2. The lowest BCUT2D eigenvalue weighted by Gasteiger charge is -2.40. The maximum atomic E-state index is 13.4. The number of nitrogens with zero attached hydrogens (tertiary/aromatic N) is 3. The van der Waals surface area contributed by atoms with Gasteiger partial charge in [0.15, 0.2) is 0 Å². The summed E-state index contributed by atoms with van der Waals surface area (Å²) in [5, 5.41) is 12.8. The van der Waals surface area contributed by atoms with Gasteiger partial charge in [0.2, 0.25) is 0 Å². The Kier molecular flexibility index (Phi) is 6.74. The fourth-order valence-corrected chi connectivity index (χ4v) is 5.21. The van der Waals surface area contributed by atoms with Crippen LogP contribution in [0.1, 0.15) is 36.8 Å². The van der Waals surface area contributed by atoms with Gasteiger partial charge in [0.05, 0.1) is 5.56 Å². The van der Waals surface area contributed by atoms with E-state index in [4.69, 9.17) is 0 Å². The van der Waals surface area contributed by atoms with E-state index in [1.807, 2.05) is 0 Å². The number of hydrogen-bond donors (Lipinski definition) is 2. The van der Waals surface area contributed by atoms with Crippen molar-refractivity contribution in [1.82, 2.24) is 15.1 Å². The molecule has 3 saturated heterocycles. The van der Waals surface area contributed by atoms with Gasteiger partial charge in [0, 0.05) is 57.5 Å². The van der Waals surface area contributed by atoms with Gasteiger partial charge in [0.25, 0.3) is 0 Å². The average Bonchev–Trinajstić information content (AvgIpc) is 3.24. The second kappa shape index (κ2) is 9.34. The van der Waals surface area contributed by atoms with E-state index < -0.39 is 23.8 Å². The zero-order valence-electron chi connectivity index (χ0n) is 17.7. The minimum Gasteiger partial charge on any atom is -0.480 e. The van der Waals surface area contributed by atoms with E-state index in [0.29, 0.717) is 31.7 Å². The number of alkyl halides is 3. The van der Waals surface area contributed by atoms with Crippen molar-refractivity contribution in [2.45, 2.75) is 50.5 Å². The number of nitrogens with one attached hydrogen (secondary N) is 1. The number of carbonyl (C=O) groups is 1. The minimum absolute atomic E-state index is 0.183. The van der Waals surface area contributed by atoms with Crippen molar-refractivity contribution in [3.05, 3.63) is 29.3 Å². The first kappa shape index (κ1) is 22.4. The summed E-state index contributed by atoms with van der Waals surface area (Å²) in [6, 6.07) is 3.88. The van der Waals surface area contributed by atoms with Gasteiger partial charge in [-0.2, -0.15) is 13.2 Å². The molecule has 2 N–H and O–H groups in total. The number of piperidine rings is 1. The summed E-state index contributed by atoms with van der Waals surface area (Å²) in [4.78, 5) is 18.0. The molecule has 3 heterocycles. The summed E-state index contributed by atoms with van der Waals surface area (Å²) >= 11 is 0. The summed E-state index contributed by atoms with van der Waals surface area (Å²) in [6.07, 6.45) is -1.26. The number of aliphatic carboxylic acids is 1. The number of benzene rings is 1. The van der Waals surface area contributed by atoms with E-state index in [1.165, 1.54) is 12.1 Å². The van der Waals surface area contributed by atoms with Gasteiger partial charge in [-0.1, -0.05) is 6.07 Å². The number of likely N-dealkylation sites (tertiary alicyclic amines) is 1. The van der Waals surface area contributed by atoms with Crippen molar-refractivity contribution < 1.29 is 23.1 Å². The van der Waals surface area contributed by atoms with Gasteiger partial charge in [-0.15, -0.1) is 0 Å². The summed E-state index contributed by atoms with van der Waals surface area (Å²) in [5.74, 6) is -0.767. The molecular weight excluding hydrogens is 409 g/mol. The summed E-state index contributed by atoms with van der Waals surface area (Å²) in [5.41, 5.74) is 0.986. The molecule has 0 amide bonds. The molecule has 1 aromatic carbocycles. The highest BCUT2D eigenvalue weighted by molar-refractivity contribution is 5.73. The number of piperazine rings is 1. The van der Waals surface area contributed by atoms with Gasteiger partial charge in [-0.05, 0) is 49.9 Å². The smallest absolute Gasteiger partial charge is 0.416 e. The Morgan fingerprint density at radius 1 is 1.06 bits per heavy atom. The third kappa shape index (κ3) is 5.15. The molecule has 0 radical (unpaired) electrons. The molecule has 1 atom stereocenters. The van der Waals surface area contributed by atoms with Crippen molar-refractivity contribution in [1.29, 1.82) is 0 Å². The Bertz CT molecular complexity index is 775. The topological polar surface area (TPSA) is 59.1 Å². The number of hydrogen-bond acceptors (Lipinski definition) is 5. The highest BCUT2D eigenvalue weighted by Crippen LogP contribution is 2.36. The number of rotatable bonds is 5. The van der Waals surface area contributed by atoms with Gasteiger partial charge in [-0.3, -0.25) is 14.6 Å². The maximum Gasteiger partial charge on any atom is 0.416 e. The molecule has 0 aromatic heterocycles. The van der Waals surface area contributed by atoms with E-state index in [0.717, 1.165) is 57.5 Å². The zero-order chi connectivity index (χ0) is 22.0. The zero-order valence-corrected chi connectivity index (χ0v) is 17.7. The van der Waals surface area contributed by atoms with Crippen LogP contribution < -0.4 is 10.2 Å². The van der Waals surface area contributed by atoms with E-state index in [2.05, 4.69) is 20.0 Å². The lowest BCUT2D eigenvalue weighted by atomic mass is 9.99. The molecule has 6 nitrogen and oxygen atoms in total. The molecule has 0 spiro atoms. The monoisotopic (exact) mass is 440 g/mol. The first-order chi connectivity index (χ1) is 14.8. The van der Waals surface area contributed by atoms with Crippen LogP contribution in [0.3, 0.4) is 0 Å². The third-order valence-corrected chi connectivity index (χ3v) is 6.87. The van der Waals surface area contributed by atoms with Crippen LogP contribution in [0.4, 0.5) is 18.9 Å². The van der Waals surface area contributed by atoms with Gasteiger partial charge in [-0.25, -0.2) is 0 Å². The molecule has 9 heteroatoms. The van der Waals surface area contributed by atoms with Crippen molar-refractivity contribution >= 4 is 11.7 Å². The van der Waals surface area contributed by atoms with Crippen LogP contribution in [-0.4, -0.2) is 78.8 Å². The number of carboxylic acid groups (broad SMARTS) is 1. The van der Waals surface area contributed by atoms with Gasteiger partial charge in [0.1, 0.15) is 6.04 Å². The van der Waals surface area contributed by atoms with Crippen molar-refractivity contribution in [2.75, 3.05) is 50.7 Å². The largest absolute Gasteiger partial charge is 0.480 e. The number of anilines is 1. The quantitative estimate of drug-likeness (QED) is 0.734. The highest BCUT2D eigenvalue weighted by Gasteiger charge is 2.37. The Hall–Kier alpha value is -1.84. The SMILES string of the molecule is O=C(O)C1CCCN1C1CCN(c2cc(C(F)(F)F)ccc2CN2CCNCC2)CC1. The lowest BCUT2D eigenvalue weighted by Crippen LogP contribution is -2.49. The second-order valence-electron chi connectivity index (χ2n) is 8.82. The summed E-state index contributed by atoms with van der Waals surface area (Å²) in [7, 11) is 0. The molecule has 3 fully saturated rings. The molecule has 4 rings (SSSR count). The van der Waals surface area contributed by atoms with Crippen LogP contribution in [0.2, 0.25) is 0 Å². The molecule has 31 heavy (non-hydrogen) atoms. The predicted octanol–water partition coefficient (Wildman–Crippen LogP) is 2.63. The van der Waals surface area contributed by atoms with Crippen LogP contribution >= 0.6 is 0 Å². The molecule has 0 bridgehead atoms. The van der Waals surface area contributed by atoms with Crippen LogP contribution in [-0.2, 0) is 17.5 Å². The molecule has 3 aliphatic rings. The molecule has 1 aromatic rings. The number of carboxylic acids is 1. The first-order valence-electron chi connectivity index (χ1n) is 11.2. The molecule has 3 aliphatic heterocycles. The average molecular weight is 441 g/mol. The Labute approximate surface area is 181 Å². The third-order valence-electron chi connectivity index (χ3n) is 6.87. The molecule has 1 unspecified atom stereocenters. The second-order valence-corrected chi connectivity index (χ2v) is 8.82. The normalized spacial score (nSPS) is 24.6. The Morgan fingerprint density at radius 2 is 1.77 bits per heavy atom. The lowest BCUT2D eigenvalue weighted by molar-refractivity contribution is -0.143. The highest BCUT2D eigenvalue weighted by atomic mass is 19.4.